The third kappa shape index (κ3) is 2.93. The van der Waals surface area contributed by atoms with Gasteiger partial charge >= 0.3 is 0 Å². The number of aromatic nitrogens is 2. The summed E-state index contributed by atoms with van der Waals surface area (Å²) in [6.45, 7) is 6.95. The highest BCUT2D eigenvalue weighted by Gasteiger charge is 2.39. The van der Waals surface area contributed by atoms with Gasteiger partial charge in [-0.2, -0.15) is 0 Å². The molecule has 1 amide bonds. The lowest BCUT2D eigenvalue weighted by Crippen LogP contribution is -2.46. The van der Waals surface area contributed by atoms with E-state index in [1.165, 1.54) is 19.3 Å². The Hall–Kier alpha value is -1.92. The zero-order valence-electron chi connectivity index (χ0n) is 15.0. The summed E-state index contributed by atoms with van der Waals surface area (Å²) in [5.41, 5.74) is 3.28. The van der Waals surface area contributed by atoms with Gasteiger partial charge in [-0.3, -0.25) is 14.1 Å². The number of hydrogen-bond acceptors (Lipinski definition) is 4. The zero-order valence-corrected chi connectivity index (χ0v) is 15.0. The van der Waals surface area contributed by atoms with E-state index in [2.05, 4.69) is 9.88 Å². The monoisotopic (exact) mass is 342 g/mol. The molecule has 2 saturated heterocycles. The second-order valence-electron chi connectivity index (χ2n) is 7.42. The number of aryl methyl sites for hydroxylation is 2. The number of hydrogen-bond donors (Lipinski definition) is 1. The van der Waals surface area contributed by atoms with Gasteiger partial charge in [0.2, 0.25) is 0 Å². The summed E-state index contributed by atoms with van der Waals surface area (Å²) in [6, 6.07) is 4.03. The van der Waals surface area contributed by atoms with Gasteiger partial charge in [-0.25, -0.2) is 4.98 Å². The van der Waals surface area contributed by atoms with Crippen molar-refractivity contribution in [2.45, 2.75) is 45.3 Å². The van der Waals surface area contributed by atoms with Crippen molar-refractivity contribution in [2.75, 3.05) is 26.2 Å². The standard InChI is InChI=1S/C19H26N4O2/c1-13-6-9-23-17(10-13)20-14(2)18(23)19(25)22-11-15(16(24)12-22)21-7-4-3-5-8-21/h6,9-10,15-16,24H,3-5,7-8,11-12H2,1-2H3/t15-,16-/m0/s1. The molecule has 25 heavy (non-hydrogen) atoms. The number of rotatable bonds is 2. The fraction of sp³-hybridized carbons (Fsp3) is 0.579. The van der Waals surface area contributed by atoms with Crippen LogP contribution in [-0.2, 0) is 0 Å². The van der Waals surface area contributed by atoms with Gasteiger partial charge in [-0.15, -0.1) is 0 Å². The van der Waals surface area contributed by atoms with Crippen molar-refractivity contribution >= 4 is 11.6 Å². The molecule has 2 aromatic rings. The molecule has 2 aliphatic heterocycles. The van der Waals surface area contributed by atoms with E-state index in [9.17, 15) is 9.90 Å². The number of piperidine rings is 1. The van der Waals surface area contributed by atoms with Crippen LogP contribution in [0.2, 0.25) is 0 Å². The van der Waals surface area contributed by atoms with Gasteiger partial charge in [-0.1, -0.05) is 6.42 Å². The summed E-state index contributed by atoms with van der Waals surface area (Å²) in [5.74, 6) is -0.0348. The Labute approximate surface area is 148 Å². The van der Waals surface area contributed by atoms with E-state index in [-0.39, 0.29) is 11.9 Å². The van der Waals surface area contributed by atoms with E-state index >= 15 is 0 Å². The Kier molecular flexibility index (Phi) is 4.25. The van der Waals surface area contributed by atoms with Crippen LogP contribution in [0.15, 0.2) is 18.3 Å². The summed E-state index contributed by atoms with van der Waals surface area (Å²) in [6.07, 6.45) is 5.07. The normalized spacial score (nSPS) is 25.0. The van der Waals surface area contributed by atoms with Crippen LogP contribution in [0.25, 0.3) is 5.65 Å². The molecule has 4 heterocycles. The van der Waals surface area contributed by atoms with Gasteiger partial charge in [0.1, 0.15) is 11.3 Å². The quantitative estimate of drug-likeness (QED) is 0.901. The minimum atomic E-state index is -0.469. The summed E-state index contributed by atoms with van der Waals surface area (Å²) in [7, 11) is 0. The van der Waals surface area contributed by atoms with Gasteiger partial charge in [0.15, 0.2) is 0 Å². The largest absolute Gasteiger partial charge is 0.390 e. The van der Waals surface area contributed by atoms with Crippen molar-refractivity contribution in [3.05, 3.63) is 35.3 Å². The van der Waals surface area contributed by atoms with Crippen LogP contribution in [-0.4, -0.2) is 68.5 Å². The highest BCUT2D eigenvalue weighted by molar-refractivity contribution is 5.95. The van der Waals surface area contributed by atoms with E-state index in [1.54, 1.807) is 4.90 Å². The Morgan fingerprint density at radius 2 is 1.96 bits per heavy atom. The van der Waals surface area contributed by atoms with E-state index < -0.39 is 6.10 Å². The van der Waals surface area contributed by atoms with Crippen LogP contribution < -0.4 is 0 Å². The Bertz CT molecular complexity index is 794. The van der Waals surface area contributed by atoms with E-state index in [0.717, 1.165) is 30.0 Å². The third-order valence-corrected chi connectivity index (χ3v) is 5.56. The van der Waals surface area contributed by atoms with Crippen molar-refractivity contribution in [1.29, 1.82) is 0 Å². The lowest BCUT2D eigenvalue weighted by Gasteiger charge is -2.33. The maximum Gasteiger partial charge on any atom is 0.272 e. The molecule has 134 valence electrons. The topological polar surface area (TPSA) is 61.1 Å². The Balaban J connectivity index is 1.58. The lowest BCUT2D eigenvalue weighted by molar-refractivity contribution is 0.0702. The molecule has 0 bridgehead atoms. The summed E-state index contributed by atoms with van der Waals surface area (Å²) >= 11 is 0. The third-order valence-electron chi connectivity index (χ3n) is 5.56. The van der Waals surface area contributed by atoms with Crippen LogP contribution in [0.1, 0.15) is 41.0 Å². The molecule has 6 heteroatoms. The van der Waals surface area contributed by atoms with Gasteiger partial charge in [0.05, 0.1) is 17.8 Å². The van der Waals surface area contributed by atoms with Crippen LogP contribution >= 0.6 is 0 Å². The molecule has 4 rings (SSSR count). The summed E-state index contributed by atoms with van der Waals surface area (Å²) in [5, 5.41) is 10.5. The second-order valence-corrected chi connectivity index (χ2v) is 7.42. The molecule has 6 nitrogen and oxygen atoms in total. The molecule has 1 N–H and O–H groups in total. The molecule has 2 aliphatic rings. The number of aliphatic hydroxyl groups is 1. The molecule has 2 fully saturated rings. The first-order valence-corrected chi connectivity index (χ1v) is 9.21. The number of carbonyl (C=O) groups excluding carboxylic acids is 1. The summed E-state index contributed by atoms with van der Waals surface area (Å²) < 4.78 is 1.87. The zero-order chi connectivity index (χ0) is 17.6. The maximum atomic E-state index is 13.1. The van der Waals surface area contributed by atoms with Crippen molar-refractivity contribution in [3.63, 3.8) is 0 Å². The number of likely N-dealkylation sites (tertiary alicyclic amines) is 2. The van der Waals surface area contributed by atoms with Crippen LogP contribution in [0.3, 0.4) is 0 Å². The first-order valence-electron chi connectivity index (χ1n) is 9.21. The molecule has 0 radical (unpaired) electrons. The van der Waals surface area contributed by atoms with Gasteiger partial charge in [0.25, 0.3) is 5.91 Å². The average Bonchev–Trinajstić information content (AvgIpc) is 3.14. The number of pyridine rings is 1. The SMILES string of the molecule is Cc1ccn2c(C(=O)N3C[C@H](O)[C@@H](N4CCCCC4)C3)c(C)nc2c1. The van der Waals surface area contributed by atoms with Crippen molar-refractivity contribution < 1.29 is 9.90 Å². The number of nitrogens with zero attached hydrogens (tertiary/aromatic N) is 4. The van der Waals surface area contributed by atoms with Crippen LogP contribution in [0.4, 0.5) is 0 Å². The summed E-state index contributed by atoms with van der Waals surface area (Å²) in [4.78, 5) is 21.8. The second kappa shape index (κ2) is 6.42. The lowest BCUT2D eigenvalue weighted by atomic mass is 10.1. The highest BCUT2D eigenvalue weighted by atomic mass is 16.3. The molecule has 2 aromatic heterocycles. The number of aliphatic hydroxyl groups excluding tert-OH is 1. The molecule has 0 saturated carbocycles. The fourth-order valence-electron chi connectivity index (χ4n) is 4.22. The van der Waals surface area contributed by atoms with Gasteiger partial charge in [0, 0.05) is 19.3 Å². The van der Waals surface area contributed by atoms with E-state index in [1.807, 2.05) is 36.6 Å². The molecule has 0 spiro atoms. The van der Waals surface area contributed by atoms with E-state index in [4.69, 9.17) is 0 Å². The molecular weight excluding hydrogens is 316 g/mol. The average molecular weight is 342 g/mol. The van der Waals surface area contributed by atoms with E-state index in [0.29, 0.717) is 18.8 Å². The minimum absolute atomic E-state index is 0.0348. The number of imidazole rings is 1. The highest BCUT2D eigenvalue weighted by Crippen LogP contribution is 2.23. The Morgan fingerprint density at radius 3 is 2.72 bits per heavy atom. The smallest absolute Gasteiger partial charge is 0.272 e. The minimum Gasteiger partial charge on any atom is -0.390 e. The fourth-order valence-corrected chi connectivity index (χ4v) is 4.22. The van der Waals surface area contributed by atoms with Crippen molar-refractivity contribution in [3.8, 4) is 0 Å². The molecular formula is C19H26N4O2. The molecule has 0 aliphatic carbocycles. The van der Waals surface area contributed by atoms with Gasteiger partial charge in [-0.05, 0) is 57.5 Å². The molecule has 0 unspecified atom stereocenters. The van der Waals surface area contributed by atoms with Crippen molar-refractivity contribution in [1.82, 2.24) is 19.2 Å². The van der Waals surface area contributed by atoms with Crippen molar-refractivity contribution in [2.24, 2.45) is 0 Å². The maximum absolute atomic E-state index is 13.1. The first kappa shape index (κ1) is 16.5. The predicted molar refractivity (Wildman–Crippen MR) is 95.8 cm³/mol. The van der Waals surface area contributed by atoms with Crippen LogP contribution in [0, 0.1) is 13.8 Å². The number of amides is 1. The number of fused-ring (bicyclic) bond motifs is 1. The van der Waals surface area contributed by atoms with Gasteiger partial charge < -0.3 is 10.0 Å². The van der Waals surface area contributed by atoms with Crippen LogP contribution in [0.5, 0.6) is 0 Å². The number of carbonyl (C=O) groups is 1. The number of β-amino-alcohol motifs (C(OH)–C–C–N with tert-alkyl or cyclic N) is 1. The predicted octanol–water partition coefficient (Wildman–Crippen LogP) is 1.62. The Morgan fingerprint density at radius 1 is 1.20 bits per heavy atom. The first-order chi connectivity index (χ1) is 12.0. The molecule has 0 aromatic carbocycles. The molecule has 2 atom stereocenters.